The summed E-state index contributed by atoms with van der Waals surface area (Å²) in [6.07, 6.45) is 0.551. The molecule has 0 fully saturated rings. The van der Waals surface area contributed by atoms with E-state index in [1.807, 2.05) is 19.1 Å². The number of urea groups is 1. The first kappa shape index (κ1) is 18.5. The Morgan fingerprint density at radius 2 is 2.07 bits per heavy atom. The fraction of sp³-hybridized carbons (Fsp3) is 0.353. The van der Waals surface area contributed by atoms with Crippen LogP contribution in [-0.4, -0.2) is 45.1 Å². The summed E-state index contributed by atoms with van der Waals surface area (Å²) in [5, 5.41) is 16.3. The van der Waals surface area contributed by atoms with Crippen LogP contribution in [0.25, 0.3) is 11.4 Å². The first-order chi connectivity index (χ1) is 13.0. The van der Waals surface area contributed by atoms with E-state index < -0.39 is 6.04 Å². The van der Waals surface area contributed by atoms with Gasteiger partial charge in [-0.1, -0.05) is 5.16 Å². The number of aromatic amines is 1. The van der Waals surface area contributed by atoms with Gasteiger partial charge in [-0.15, -0.1) is 0 Å². The second kappa shape index (κ2) is 8.41. The lowest BCUT2D eigenvalue weighted by molar-refractivity contribution is 0.199. The van der Waals surface area contributed by atoms with E-state index in [1.165, 1.54) is 0 Å². The molecular formula is C17H21N7O3. The highest BCUT2D eigenvalue weighted by Gasteiger charge is 2.16. The molecule has 0 spiro atoms. The third-order valence-corrected chi connectivity index (χ3v) is 3.73. The van der Waals surface area contributed by atoms with Crippen molar-refractivity contribution in [3.05, 3.63) is 41.8 Å². The van der Waals surface area contributed by atoms with Gasteiger partial charge in [0, 0.05) is 24.8 Å². The zero-order valence-corrected chi connectivity index (χ0v) is 15.3. The van der Waals surface area contributed by atoms with E-state index in [-0.39, 0.29) is 6.03 Å². The third-order valence-electron chi connectivity index (χ3n) is 3.73. The molecule has 0 saturated heterocycles. The van der Waals surface area contributed by atoms with Crippen molar-refractivity contribution in [3.8, 4) is 11.4 Å². The maximum absolute atomic E-state index is 12.2. The van der Waals surface area contributed by atoms with Crippen LogP contribution in [-0.2, 0) is 11.2 Å². The SMILES string of the molecule is COCCc1noc([C@H](C)NC(=O)Nc2ccc(-c3n[nH]c(C)n3)cc2)n1. The van der Waals surface area contributed by atoms with E-state index in [0.717, 1.165) is 11.4 Å². The molecule has 1 atom stereocenters. The first-order valence-corrected chi connectivity index (χ1v) is 8.43. The number of methoxy groups -OCH3 is 1. The molecule has 0 bridgehead atoms. The van der Waals surface area contributed by atoms with E-state index in [0.29, 0.717) is 36.3 Å². The normalized spacial score (nSPS) is 12.0. The maximum Gasteiger partial charge on any atom is 0.319 e. The summed E-state index contributed by atoms with van der Waals surface area (Å²) >= 11 is 0. The Labute approximate surface area is 155 Å². The van der Waals surface area contributed by atoms with E-state index in [2.05, 4.69) is 36.0 Å². The number of H-pyrrole nitrogens is 1. The summed E-state index contributed by atoms with van der Waals surface area (Å²) in [4.78, 5) is 20.7. The first-order valence-electron chi connectivity index (χ1n) is 8.43. The molecule has 0 unspecified atom stereocenters. The Hall–Kier alpha value is -3.27. The molecule has 3 rings (SSSR count). The maximum atomic E-state index is 12.2. The standard InChI is InChI=1S/C17H21N7O3/c1-10(16-21-14(24-27-16)8-9-26-3)18-17(25)20-13-6-4-12(5-7-13)15-19-11(2)22-23-15/h4-7,10H,8-9H2,1-3H3,(H2,18,20,25)(H,19,22,23)/t10-/m0/s1. The van der Waals surface area contributed by atoms with Crippen LogP contribution in [0.2, 0.25) is 0 Å². The number of hydrogen-bond acceptors (Lipinski definition) is 7. The number of aromatic nitrogens is 5. The van der Waals surface area contributed by atoms with Crippen LogP contribution in [0.3, 0.4) is 0 Å². The van der Waals surface area contributed by atoms with Crippen LogP contribution < -0.4 is 10.6 Å². The van der Waals surface area contributed by atoms with Crippen LogP contribution in [0.15, 0.2) is 28.8 Å². The molecule has 142 valence electrons. The lowest BCUT2D eigenvalue weighted by Crippen LogP contribution is -2.31. The summed E-state index contributed by atoms with van der Waals surface area (Å²) in [5.74, 6) is 2.23. The molecule has 3 aromatic rings. The number of nitrogens with zero attached hydrogens (tertiary/aromatic N) is 4. The molecule has 0 aliphatic rings. The van der Waals surface area contributed by atoms with Gasteiger partial charge < -0.3 is 19.9 Å². The molecule has 0 saturated carbocycles. The monoisotopic (exact) mass is 371 g/mol. The zero-order valence-electron chi connectivity index (χ0n) is 15.3. The van der Waals surface area contributed by atoms with Gasteiger partial charge in [-0.3, -0.25) is 5.10 Å². The number of rotatable bonds is 7. The quantitative estimate of drug-likeness (QED) is 0.580. The number of amides is 2. The number of anilines is 1. The minimum atomic E-state index is -0.427. The van der Waals surface area contributed by atoms with Gasteiger partial charge in [0.15, 0.2) is 11.6 Å². The van der Waals surface area contributed by atoms with Gasteiger partial charge in [0.25, 0.3) is 0 Å². The second-order valence-corrected chi connectivity index (χ2v) is 5.93. The summed E-state index contributed by atoms with van der Waals surface area (Å²) < 4.78 is 10.1. The van der Waals surface area contributed by atoms with Gasteiger partial charge >= 0.3 is 6.03 Å². The van der Waals surface area contributed by atoms with Gasteiger partial charge in [0.2, 0.25) is 5.89 Å². The molecular weight excluding hydrogens is 350 g/mol. The number of nitrogens with one attached hydrogen (secondary N) is 3. The van der Waals surface area contributed by atoms with Crippen molar-refractivity contribution in [2.75, 3.05) is 19.0 Å². The average Bonchev–Trinajstić information content (AvgIpc) is 3.29. The van der Waals surface area contributed by atoms with Crippen LogP contribution in [0, 0.1) is 6.92 Å². The minimum Gasteiger partial charge on any atom is -0.384 e. The predicted molar refractivity (Wildman–Crippen MR) is 97.0 cm³/mol. The number of carbonyl (C=O) groups excluding carboxylic acids is 1. The van der Waals surface area contributed by atoms with Crippen molar-refractivity contribution >= 4 is 11.7 Å². The number of ether oxygens (including phenoxy) is 1. The van der Waals surface area contributed by atoms with Gasteiger partial charge in [-0.2, -0.15) is 10.1 Å². The van der Waals surface area contributed by atoms with Crippen molar-refractivity contribution in [1.29, 1.82) is 0 Å². The van der Waals surface area contributed by atoms with Crippen LogP contribution in [0.1, 0.15) is 30.5 Å². The fourth-order valence-electron chi connectivity index (χ4n) is 2.34. The van der Waals surface area contributed by atoms with E-state index in [9.17, 15) is 4.79 Å². The molecule has 0 radical (unpaired) electrons. The van der Waals surface area contributed by atoms with E-state index in [4.69, 9.17) is 9.26 Å². The number of carbonyl (C=O) groups is 1. The lowest BCUT2D eigenvalue weighted by Gasteiger charge is -2.11. The summed E-state index contributed by atoms with van der Waals surface area (Å²) in [6.45, 7) is 4.11. The Morgan fingerprint density at radius 1 is 1.30 bits per heavy atom. The molecule has 27 heavy (non-hydrogen) atoms. The molecule has 0 aliphatic heterocycles. The Bertz CT molecular complexity index is 888. The Kier molecular flexibility index (Phi) is 5.77. The highest BCUT2D eigenvalue weighted by atomic mass is 16.5. The molecule has 3 N–H and O–H groups in total. The Balaban J connectivity index is 1.54. The van der Waals surface area contributed by atoms with Crippen molar-refractivity contribution in [1.82, 2.24) is 30.6 Å². The molecule has 2 aromatic heterocycles. The topological polar surface area (TPSA) is 131 Å². The summed E-state index contributed by atoms with van der Waals surface area (Å²) in [7, 11) is 1.61. The van der Waals surface area contributed by atoms with Crippen LogP contribution >= 0.6 is 0 Å². The van der Waals surface area contributed by atoms with Crippen molar-refractivity contribution in [2.24, 2.45) is 0 Å². The number of benzene rings is 1. The van der Waals surface area contributed by atoms with Crippen molar-refractivity contribution in [3.63, 3.8) is 0 Å². The highest BCUT2D eigenvalue weighted by Crippen LogP contribution is 2.18. The van der Waals surface area contributed by atoms with Gasteiger partial charge in [0.1, 0.15) is 11.9 Å². The smallest absolute Gasteiger partial charge is 0.319 e. The zero-order chi connectivity index (χ0) is 19.2. The Morgan fingerprint density at radius 3 is 2.74 bits per heavy atom. The molecule has 1 aromatic carbocycles. The highest BCUT2D eigenvalue weighted by molar-refractivity contribution is 5.89. The molecule has 2 heterocycles. The van der Waals surface area contributed by atoms with E-state index in [1.54, 1.807) is 26.2 Å². The number of aryl methyl sites for hydroxylation is 1. The second-order valence-electron chi connectivity index (χ2n) is 5.93. The van der Waals surface area contributed by atoms with Gasteiger partial charge in [-0.25, -0.2) is 9.78 Å². The van der Waals surface area contributed by atoms with Crippen LogP contribution in [0.4, 0.5) is 10.5 Å². The van der Waals surface area contributed by atoms with Gasteiger partial charge in [0.05, 0.1) is 6.61 Å². The van der Waals surface area contributed by atoms with Crippen molar-refractivity contribution in [2.45, 2.75) is 26.3 Å². The molecule has 10 heteroatoms. The van der Waals surface area contributed by atoms with Crippen molar-refractivity contribution < 1.29 is 14.1 Å². The fourth-order valence-corrected chi connectivity index (χ4v) is 2.34. The van der Waals surface area contributed by atoms with Gasteiger partial charge in [-0.05, 0) is 38.1 Å². The predicted octanol–water partition coefficient (Wildman–Crippen LogP) is 2.23. The molecule has 10 nitrogen and oxygen atoms in total. The lowest BCUT2D eigenvalue weighted by atomic mass is 10.2. The van der Waals surface area contributed by atoms with E-state index >= 15 is 0 Å². The molecule has 0 aliphatic carbocycles. The summed E-state index contributed by atoms with van der Waals surface area (Å²) in [6, 6.07) is 6.43. The minimum absolute atomic E-state index is 0.339. The number of hydrogen-bond donors (Lipinski definition) is 3. The molecule has 2 amide bonds. The summed E-state index contributed by atoms with van der Waals surface area (Å²) in [5.41, 5.74) is 1.50. The van der Waals surface area contributed by atoms with Crippen LogP contribution in [0.5, 0.6) is 0 Å². The average molecular weight is 371 g/mol. The third kappa shape index (κ3) is 4.88. The largest absolute Gasteiger partial charge is 0.384 e.